The Balaban J connectivity index is 1.95. The van der Waals surface area contributed by atoms with Gasteiger partial charge in [0.25, 0.3) is 0 Å². The number of rotatable bonds is 7. The van der Waals surface area contributed by atoms with Crippen molar-refractivity contribution in [1.29, 1.82) is 0 Å². The van der Waals surface area contributed by atoms with Gasteiger partial charge in [0.2, 0.25) is 5.89 Å². The Morgan fingerprint density at radius 2 is 2.05 bits per heavy atom. The van der Waals surface area contributed by atoms with Crippen LogP contribution in [0.2, 0.25) is 0 Å². The van der Waals surface area contributed by atoms with Crippen molar-refractivity contribution in [3.05, 3.63) is 36.0 Å². The number of aromatic nitrogens is 3. The minimum absolute atomic E-state index is 0.0170. The zero-order valence-electron chi connectivity index (χ0n) is 12.1. The summed E-state index contributed by atoms with van der Waals surface area (Å²) in [6, 6.07) is 6.30. The summed E-state index contributed by atoms with van der Waals surface area (Å²) < 4.78 is 5.61. The van der Waals surface area contributed by atoms with Crippen LogP contribution in [0, 0.1) is 0 Å². The molecule has 2 aromatic rings. The van der Waals surface area contributed by atoms with E-state index in [-0.39, 0.29) is 12.1 Å². The minimum Gasteiger partial charge on any atom is -0.406 e. The molecule has 6 nitrogen and oxygen atoms in total. The Bertz CT molecular complexity index is 513. The zero-order valence-corrected chi connectivity index (χ0v) is 12.1. The lowest BCUT2D eigenvalue weighted by molar-refractivity contribution is 0.421. The lowest BCUT2D eigenvalue weighted by Gasteiger charge is -2.11. The van der Waals surface area contributed by atoms with Gasteiger partial charge in [-0.25, -0.2) is 0 Å². The molecule has 2 heterocycles. The van der Waals surface area contributed by atoms with Gasteiger partial charge >= 0.3 is 6.01 Å². The van der Waals surface area contributed by atoms with Gasteiger partial charge in [-0.1, -0.05) is 18.1 Å². The normalized spacial score (nSPS) is 13.9. The lowest BCUT2D eigenvalue weighted by atomic mass is 10.2. The molecule has 0 saturated carbocycles. The van der Waals surface area contributed by atoms with Crippen LogP contribution in [-0.2, 0) is 0 Å². The van der Waals surface area contributed by atoms with E-state index in [0.29, 0.717) is 11.9 Å². The first kappa shape index (κ1) is 14.5. The fraction of sp³-hybridized carbons (Fsp3) is 0.500. The molecular formula is C14H21N5O. The van der Waals surface area contributed by atoms with Crippen molar-refractivity contribution >= 4 is 6.01 Å². The second kappa shape index (κ2) is 7.00. The van der Waals surface area contributed by atoms with Gasteiger partial charge in [0, 0.05) is 6.20 Å². The van der Waals surface area contributed by atoms with E-state index in [1.807, 2.05) is 32.0 Å². The maximum absolute atomic E-state index is 5.61. The molecule has 108 valence electrons. The highest BCUT2D eigenvalue weighted by Gasteiger charge is 2.15. The van der Waals surface area contributed by atoms with Gasteiger partial charge in [0.05, 0.1) is 17.8 Å². The van der Waals surface area contributed by atoms with Crippen molar-refractivity contribution in [1.82, 2.24) is 20.5 Å². The van der Waals surface area contributed by atoms with E-state index in [1.54, 1.807) is 6.20 Å². The molecule has 0 aliphatic rings. The van der Waals surface area contributed by atoms with Crippen molar-refractivity contribution in [2.75, 3.05) is 11.9 Å². The molecule has 2 unspecified atom stereocenters. The SMILES string of the molecule is CCCNC(C)c1nnc(NC(C)c2ccccn2)o1. The fourth-order valence-electron chi connectivity index (χ4n) is 1.81. The van der Waals surface area contributed by atoms with Gasteiger partial charge in [-0.05, 0) is 38.9 Å². The molecule has 0 radical (unpaired) electrons. The number of hydrogen-bond acceptors (Lipinski definition) is 6. The predicted molar refractivity (Wildman–Crippen MR) is 77.3 cm³/mol. The Kier molecular flexibility index (Phi) is 5.06. The monoisotopic (exact) mass is 275 g/mol. The fourth-order valence-corrected chi connectivity index (χ4v) is 1.81. The number of nitrogens with zero attached hydrogens (tertiary/aromatic N) is 3. The molecule has 2 rings (SSSR count). The van der Waals surface area contributed by atoms with E-state index in [9.17, 15) is 0 Å². The topological polar surface area (TPSA) is 75.9 Å². The van der Waals surface area contributed by atoms with E-state index in [4.69, 9.17) is 4.42 Å². The van der Waals surface area contributed by atoms with Crippen LogP contribution in [0.25, 0.3) is 0 Å². The van der Waals surface area contributed by atoms with Crippen molar-refractivity contribution in [2.24, 2.45) is 0 Å². The van der Waals surface area contributed by atoms with Crippen molar-refractivity contribution in [2.45, 2.75) is 39.3 Å². The molecule has 0 saturated heterocycles. The quantitative estimate of drug-likeness (QED) is 0.809. The van der Waals surface area contributed by atoms with E-state index < -0.39 is 0 Å². The first-order chi connectivity index (χ1) is 9.70. The highest BCUT2D eigenvalue weighted by Crippen LogP contribution is 2.18. The van der Waals surface area contributed by atoms with Crippen LogP contribution in [0.1, 0.15) is 50.9 Å². The molecule has 2 N–H and O–H groups in total. The average molecular weight is 275 g/mol. The Morgan fingerprint density at radius 1 is 1.20 bits per heavy atom. The molecule has 0 fully saturated rings. The molecular weight excluding hydrogens is 254 g/mol. The van der Waals surface area contributed by atoms with E-state index in [0.717, 1.165) is 18.7 Å². The van der Waals surface area contributed by atoms with Gasteiger partial charge in [-0.2, -0.15) is 0 Å². The van der Waals surface area contributed by atoms with Gasteiger partial charge < -0.3 is 15.1 Å². The first-order valence-electron chi connectivity index (χ1n) is 6.95. The number of pyridine rings is 1. The summed E-state index contributed by atoms with van der Waals surface area (Å²) >= 11 is 0. The van der Waals surface area contributed by atoms with Gasteiger partial charge in [0.15, 0.2) is 0 Å². The van der Waals surface area contributed by atoms with Gasteiger partial charge in [0.1, 0.15) is 0 Å². The van der Waals surface area contributed by atoms with Crippen LogP contribution in [0.4, 0.5) is 6.01 Å². The molecule has 2 aromatic heterocycles. The molecule has 0 spiro atoms. The maximum atomic E-state index is 5.61. The van der Waals surface area contributed by atoms with Crippen molar-refractivity contribution in [3.63, 3.8) is 0 Å². The first-order valence-corrected chi connectivity index (χ1v) is 6.95. The number of anilines is 1. The standard InChI is InChI=1S/C14H21N5O/c1-4-8-15-11(3)13-18-19-14(20-13)17-10(2)12-7-5-6-9-16-12/h5-7,9-11,15H,4,8H2,1-3H3,(H,17,19). The van der Waals surface area contributed by atoms with Gasteiger partial charge in [-0.3, -0.25) is 4.98 Å². The second-order valence-electron chi connectivity index (χ2n) is 4.74. The predicted octanol–water partition coefficient (Wildman–Crippen LogP) is 2.70. The van der Waals surface area contributed by atoms with Crippen molar-refractivity contribution in [3.8, 4) is 0 Å². The second-order valence-corrected chi connectivity index (χ2v) is 4.74. The van der Waals surface area contributed by atoms with Crippen LogP contribution in [0.3, 0.4) is 0 Å². The van der Waals surface area contributed by atoms with Crippen LogP contribution in [-0.4, -0.2) is 21.7 Å². The summed E-state index contributed by atoms with van der Waals surface area (Å²) in [5.74, 6) is 0.592. The van der Waals surface area contributed by atoms with E-state index in [1.165, 1.54) is 0 Å². The molecule has 0 aromatic carbocycles. The van der Waals surface area contributed by atoms with Crippen LogP contribution >= 0.6 is 0 Å². The van der Waals surface area contributed by atoms with Gasteiger partial charge in [-0.15, -0.1) is 5.10 Å². The molecule has 6 heteroatoms. The molecule has 0 aliphatic carbocycles. The average Bonchev–Trinajstić information content (AvgIpc) is 2.94. The van der Waals surface area contributed by atoms with E-state index in [2.05, 4.69) is 32.7 Å². The minimum atomic E-state index is 0.0170. The molecule has 2 atom stereocenters. The summed E-state index contributed by atoms with van der Waals surface area (Å²) in [5, 5.41) is 14.5. The summed E-state index contributed by atoms with van der Waals surface area (Å²) in [5.41, 5.74) is 0.935. The third-order valence-corrected chi connectivity index (χ3v) is 2.98. The van der Waals surface area contributed by atoms with E-state index >= 15 is 0 Å². The van der Waals surface area contributed by atoms with Crippen molar-refractivity contribution < 1.29 is 4.42 Å². The highest BCUT2D eigenvalue weighted by atomic mass is 16.4. The summed E-state index contributed by atoms with van der Waals surface area (Å²) in [6.45, 7) is 7.06. The Labute approximate surface area is 119 Å². The van der Waals surface area contributed by atoms with Crippen LogP contribution < -0.4 is 10.6 Å². The largest absolute Gasteiger partial charge is 0.406 e. The smallest absolute Gasteiger partial charge is 0.316 e. The highest BCUT2D eigenvalue weighted by molar-refractivity contribution is 5.24. The third-order valence-electron chi connectivity index (χ3n) is 2.98. The maximum Gasteiger partial charge on any atom is 0.316 e. The summed E-state index contributed by atoms with van der Waals surface area (Å²) in [6.07, 6.45) is 2.84. The summed E-state index contributed by atoms with van der Waals surface area (Å²) in [4.78, 5) is 4.29. The lowest BCUT2D eigenvalue weighted by Crippen LogP contribution is -2.19. The molecule has 20 heavy (non-hydrogen) atoms. The molecule has 0 aliphatic heterocycles. The van der Waals surface area contributed by atoms with Crippen LogP contribution in [0.15, 0.2) is 28.8 Å². The Hall–Kier alpha value is -1.95. The molecule has 0 bridgehead atoms. The summed E-state index contributed by atoms with van der Waals surface area (Å²) in [7, 11) is 0. The Morgan fingerprint density at radius 3 is 2.75 bits per heavy atom. The molecule has 0 amide bonds. The zero-order chi connectivity index (χ0) is 14.4. The number of hydrogen-bond donors (Lipinski definition) is 2. The van der Waals surface area contributed by atoms with Crippen LogP contribution in [0.5, 0.6) is 0 Å². The number of nitrogens with one attached hydrogen (secondary N) is 2. The third kappa shape index (κ3) is 3.77.